The molecule has 0 aliphatic heterocycles. The van der Waals surface area contributed by atoms with Crippen LogP contribution < -0.4 is 5.32 Å². The van der Waals surface area contributed by atoms with Gasteiger partial charge in [-0.2, -0.15) is 0 Å². The van der Waals surface area contributed by atoms with Gasteiger partial charge in [-0.15, -0.1) is 0 Å². The van der Waals surface area contributed by atoms with Crippen molar-refractivity contribution in [3.63, 3.8) is 0 Å². The lowest BCUT2D eigenvalue weighted by Gasteiger charge is -2.58. The summed E-state index contributed by atoms with van der Waals surface area (Å²) in [4.78, 5) is 12.0. The van der Waals surface area contributed by atoms with E-state index in [-0.39, 0.29) is 18.2 Å². The Morgan fingerprint density at radius 3 is 2.05 bits per heavy atom. The number of hydrogen-bond acceptors (Lipinski definition) is 2. The molecule has 0 radical (unpaired) electrons. The Morgan fingerprint density at radius 1 is 1.15 bits per heavy atom. The lowest BCUT2D eigenvalue weighted by molar-refractivity contribution is -0.122. The Labute approximate surface area is 122 Å². The third kappa shape index (κ3) is 2.56. The van der Waals surface area contributed by atoms with Crippen LogP contribution in [0.1, 0.15) is 65.7 Å². The number of amides is 1. The zero-order chi connectivity index (χ0) is 14.3. The van der Waals surface area contributed by atoms with E-state index in [1.165, 1.54) is 38.5 Å². The molecule has 4 fully saturated rings. The van der Waals surface area contributed by atoms with Crippen LogP contribution in [0.4, 0.5) is 4.79 Å². The average molecular weight is 279 g/mol. The summed E-state index contributed by atoms with van der Waals surface area (Å²) in [5.74, 6) is 2.73. The van der Waals surface area contributed by atoms with Crippen LogP contribution in [-0.2, 0) is 4.74 Å². The zero-order valence-corrected chi connectivity index (χ0v) is 13.2. The molecule has 3 heteroatoms. The lowest BCUT2D eigenvalue weighted by Crippen LogP contribution is -2.53. The highest BCUT2D eigenvalue weighted by Crippen LogP contribution is 2.62. The Bertz CT molecular complexity index is 342. The van der Waals surface area contributed by atoms with Crippen LogP contribution in [0.15, 0.2) is 0 Å². The van der Waals surface area contributed by atoms with E-state index < -0.39 is 0 Å². The van der Waals surface area contributed by atoms with Gasteiger partial charge in [0.1, 0.15) is 6.10 Å². The highest BCUT2D eigenvalue weighted by Gasteiger charge is 2.54. The van der Waals surface area contributed by atoms with Crippen molar-refractivity contribution in [2.24, 2.45) is 23.2 Å². The summed E-state index contributed by atoms with van der Waals surface area (Å²) >= 11 is 0. The van der Waals surface area contributed by atoms with Gasteiger partial charge in [0.05, 0.1) is 0 Å². The summed E-state index contributed by atoms with van der Waals surface area (Å²) in [5.41, 5.74) is 0.303. The number of ether oxygens (including phenoxy) is 1. The molecule has 0 aromatic rings. The molecule has 4 aliphatic carbocycles. The molecule has 0 spiro atoms. The fraction of sp³-hybridized carbons (Fsp3) is 0.941. The minimum atomic E-state index is -0.220. The van der Waals surface area contributed by atoms with Crippen molar-refractivity contribution in [3.8, 4) is 0 Å². The number of nitrogens with one attached hydrogen (secondary N) is 1. The lowest BCUT2D eigenvalue weighted by atomic mass is 9.48. The molecule has 0 saturated heterocycles. The van der Waals surface area contributed by atoms with Crippen LogP contribution >= 0.6 is 0 Å². The van der Waals surface area contributed by atoms with Gasteiger partial charge in [0, 0.05) is 11.5 Å². The van der Waals surface area contributed by atoms with Gasteiger partial charge in [-0.25, -0.2) is 4.79 Å². The van der Waals surface area contributed by atoms with E-state index >= 15 is 0 Å². The summed E-state index contributed by atoms with van der Waals surface area (Å²) in [6.07, 6.45) is 9.07. The predicted molar refractivity (Wildman–Crippen MR) is 79.4 cm³/mol. The van der Waals surface area contributed by atoms with Gasteiger partial charge in [-0.1, -0.05) is 6.92 Å². The molecule has 0 aromatic carbocycles. The van der Waals surface area contributed by atoms with Crippen LogP contribution in [0.3, 0.4) is 0 Å². The average Bonchev–Trinajstić information content (AvgIpc) is 2.33. The van der Waals surface area contributed by atoms with E-state index in [4.69, 9.17) is 4.74 Å². The number of carbonyl (C=O) groups excluding carboxylic acids is 1. The summed E-state index contributed by atoms with van der Waals surface area (Å²) in [5, 5.41) is 2.88. The molecule has 1 N–H and O–H groups in total. The third-order valence-corrected chi connectivity index (χ3v) is 5.80. The fourth-order valence-corrected chi connectivity index (χ4v) is 5.61. The molecule has 4 saturated carbocycles. The normalized spacial score (nSPS) is 39.9. The van der Waals surface area contributed by atoms with Crippen molar-refractivity contribution in [1.29, 1.82) is 0 Å². The molecule has 20 heavy (non-hydrogen) atoms. The Morgan fingerprint density at radius 2 is 1.65 bits per heavy atom. The number of carbonyl (C=O) groups is 1. The Hall–Kier alpha value is -0.730. The van der Waals surface area contributed by atoms with Gasteiger partial charge in [0.15, 0.2) is 0 Å². The molecular formula is C17H29NO2. The summed E-state index contributed by atoms with van der Waals surface area (Å²) in [6, 6.07) is 0.149. The number of hydrogen-bond donors (Lipinski definition) is 1. The largest absolute Gasteiger partial charge is 0.446 e. The van der Waals surface area contributed by atoms with Crippen LogP contribution in [0, 0.1) is 23.2 Å². The molecule has 1 atom stereocenters. The van der Waals surface area contributed by atoms with Crippen LogP contribution in [0.25, 0.3) is 0 Å². The van der Waals surface area contributed by atoms with Crippen molar-refractivity contribution in [2.45, 2.75) is 77.9 Å². The van der Waals surface area contributed by atoms with Crippen molar-refractivity contribution < 1.29 is 9.53 Å². The molecular weight excluding hydrogens is 250 g/mol. The first-order chi connectivity index (χ1) is 9.50. The fourth-order valence-electron chi connectivity index (χ4n) is 5.61. The zero-order valence-electron chi connectivity index (χ0n) is 13.2. The highest BCUT2D eigenvalue weighted by atomic mass is 16.6. The molecule has 3 nitrogen and oxygen atoms in total. The van der Waals surface area contributed by atoms with E-state index in [2.05, 4.69) is 12.2 Å². The molecule has 114 valence electrons. The second kappa shape index (κ2) is 5.23. The molecule has 0 heterocycles. The standard InChI is InChI=1S/C17H29NO2/c1-4-15(20-16(19)18-11(2)3)17-8-12-5-13(9-17)7-14(6-12)10-17/h11-15H,4-10H2,1-3H3,(H,18,19)/t12?,13?,14?,15-,17?/m1/s1. The topological polar surface area (TPSA) is 38.3 Å². The molecule has 1 amide bonds. The monoisotopic (exact) mass is 279 g/mol. The predicted octanol–water partition coefficient (Wildman–Crippen LogP) is 4.12. The van der Waals surface area contributed by atoms with Gasteiger partial charge in [-0.05, 0) is 76.5 Å². The second-order valence-electron chi connectivity index (χ2n) is 7.88. The van der Waals surface area contributed by atoms with E-state index in [0.717, 1.165) is 24.2 Å². The Kier molecular flexibility index (Phi) is 3.72. The van der Waals surface area contributed by atoms with Gasteiger partial charge in [0.25, 0.3) is 0 Å². The molecule has 4 bridgehead atoms. The molecule has 4 aliphatic rings. The first-order valence-electron chi connectivity index (χ1n) is 8.48. The van der Waals surface area contributed by atoms with Gasteiger partial charge < -0.3 is 10.1 Å². The smallest absolute Gasteiger partial charge is 0.407 e. The van der Waals surface area contributed by atoms with Crippen molar-refractivity contribution in [1.82, 2.24) is 5.32 Å². The van der Waals surface area contributed by atoms with E-state index in [9.17, 15) is 4.79 Å². The molecule has 4 rings (SSSR count). The van der Waals surface area contributed by atoms with Crippen LogP contribution in [-0.4, -0.2) is 18.2 Å². The molecule has 0 unspecified atom stereocenters. The first kappa shape index (κ1) is 14.2. The van der Waals surface area contributed by atoms with Gasteiger partial charge >= 0.3 is 6.09 Å². The van der Waals surface area contributed by atoms with E-state index in [1.807, 2.05) is 13.8 Å². The Balaban J connectivity index is 1.70. The summed E-state index contributed by atoms with van der Waals surface area (Å²) in [6.45, 7) is 6.13. The highest BCUT2D eigenvalue weighted by molar-refractivity contribution is 5.67. The number of rotatable bonds is 4. The van der Waals surface area contributed by atoms with Gasteiger partial charge in [-0.3, -0.25) is 0 Å². The van der Waals surface area contributed by atoms with Crippen molar-refractivity contribution in [2.75, 3.05) is 0 Å². The third-order valence-electron chi connectivity index (χ3n) is 5.80. The van der Waals surface area contributed by atoms with Gasteiger partial charge in [0.2, 0.25) is 0 Å². The maximum Gasteiger partial charge on any atom is 0.407 e. The first-order valence-corrected chi connectivity index (χ1v) is 8.48. The molecule has 0 aromatic heterocycles. The number of alkyl carbamates (subject to hydrolysis) is 1. The van der Waals surface area contributed by atoms with E-state index in [0.29, 0.717) is 5.41 Å². The summed E-state index contributed by atoms with van der Waals surface area (Å²) in [7, 11) is 0. The summed E-state index contributed by atoms with van der Waals surface area (Å²) < 4.78 is 5.85. The van der Waals surface area contributed by atoms with Crippen LogP contribution in [0.5, 0.6) is 0 Å². The van der Waals surface area contributed by atoms with Crippen molar-refractivity contribution in [3.05, 3.63) is 0 Å². The minimum absolute atomic E-state index is 0.120. The maximum absolute atomic E-state index is 12.0. The van der Waals surface area contributed by atoms with E-state index in [1.54, 1.807) is 0 Å². The SMILES string of the molecule is CC[C@@H](OC(=O)NC(C)C)C12CC3CC(CC(C3)C1)C2. The van der Waals surface area contributed by atoms with Crippen LogP contribution in [0.2, 0.25) is 0 Å². The van der Waals surface area contributed by atoms with Crippen molar-refractivity contribution >= 4 is 6.09 Å². The quantitative estimate of drug-likeness (QED) is 0.840. The maximum atomic E-state index is 12.0. The minimum Gasteiger partial charge on any atom is -0.446 e. The second-order valence-corrected chi connectivity index (χ2v) is 7.88.